The SMILES string of the molecule is Cc1sc2ncnc(NCC3CCNC3)c2c1C. The van der Waals surface area contributed by atoms with Crippen molar-refractivity contribution < 1.29 is 0 Å². The number of aryl methyl sites for hydroxylation is 2. The van der Waals surface area contributed by atoms with Crippen LogP contribution in [-0.4, -0.2) is 29.6 Å². The van der Waals surface area contributed by atoms with Crippen molar-refractivity contribution in [2.75, 3.05) is 25.0 Å². The summed E-state index contributed by atoms with van der Waals surface area (Å²) in [5, 5.41) is 8.09. The first-order valence-corrected chi connectivity index (χ1v) is 7.22. The van der Waals surface area contributed by atoms with Crippen molar-refractivity contribution >= 4 is 27.4 Å². The Morgan fingerprint density at radius 2 is 2.33 bits per heavy atom. The molecule has 2 N–H and O–H groups in total. The maximum absolute atomic E-state index is 4.41. The van der Waals surface area contributed by atoms with Crippen LogP contribution < -0.4 is 10.6 Å². The average molecular weight is 262 g/mol. The van der Waals surface area contributed by atoms with Gasteiger partial charge in [0.15, 0.2) is 0 Å². The zero-order chi connectivity index (χ0) is 12.5. The minimum absolute atomic E-state index is 0.718. The molecule has 1 fully saturated rings. The van der Waals surface area contributed by atoms with Crippen molar-refractivity contribution in [2.45, 2.75) is 20.3 Å². The first-order chi connectivity index (χ1) is 8.75. The maximum atomic E-state index is 4.41. The van der Waals surface area contributed by atoms with Crippen molar-refractivity contribution in [3.05, 3.63) is 16.8 Å². The van der Waals surface area contributed by atoms with Gasteiger partial charge in [-0.05, 0) is 44.8 Å². The van der Waals surface area contributed by atoms with Crippen LogP contribution in [0.15, 0.2) is 6.33 Å². The van der Waals surface area contributed by atoms with Crippen LogP contribution in [0.1, 0.15) is 16.9 Å². The molecule has 18 heavy (non-hydrogen) atoms. The summed E-state index contributed by atoms with van der Waals surface area (Å²) in [6, 6.07) is 0. The summed E-state index contributed by atoms with van der Waals surface area (Å²) in [7, 11) is 0. The molecule has 96 valence electrons. The van der Waals surface area contributed by atoms with E-state index in [0.29, 0.717) is 0 Å². The molecule has 4 nitrogen and oxygen atoms in total. The van der Waals surface area contributed by atoms with Crippen LogP contribution in [0.3, 0.4) is 0 Å². The molecule has 1 saturated heterocycles. The van der Waals surface area contributed by atoms with Crippen molar-refractivity contribution in [3.8, 4) is 0 Å². The monoisotopic (exact) mass is 262 g/mol. The lowest BCUT2D eigenvalue weighted by Crippen LogP contribution is -2.17. The summed E-state index contributed by atoms with van der Waals surface area (Å²) in [6.45, 7) is 7.55. The topological polar surface area (TPSA) is 49.8 Å². The molecule has 0 aliphatic carbocycles. The van der Waals surface area contributed by atoms with Crippen LogP contribution in [-0.2, 0) is 0 Å². The quantitative estimate of drug-likeness (QED) is 0.891. The van der Waals surface area contributed by atoms with Crippen molar-refractivity contribution in [1.82, 2.24) is 15.3 Å². The van der Waals surface area contributed by atoms with Gasteiger partial charge in [-0.1, -0.05) is 0 Å². The Morgan fingerprint density at radius 1 is 1.44 bits per heavy atom. The van der Waals surface area contributed by atoms with Gasteiger partial charge < -0.3 is 10.6 Å². The number of fused-ring (bicyclic) bond motifs is 1. The fraction of sp³-hybridized carbons (Fsp3) is 0.538. The first-order valence-electron chi connectivity index (χ1n) is 6.41. The van der Waals surface area contributed by atoms with Crippen LogP contribution in [0, 0.1) is 19.8 Å². The Labute approximate surface area is 111 Å². The fourth-order valence-corrected chi connectivity index (χ4v) is 3.44. The number of aromatic nitrogens is 2. The predicted octanol–water partition coefficient (Wildman–Crippen LogP) is 2.33. The zero-order valence-corrected chi connectivity index (χ0v) is 11.6. The van der Waals surface area contributed by atoms with Gasteiger partial charge in [-0.2, -0.15) is 0 Å². The summed E-state index contributed by atoms with van der Waals surface area (Å²) >= 11 is 1.75. The maximum Gasteiger partial charge on any atom is 0.138 e. The van der Waals surface area contributed by atoms with Gasteiger partial charge in [0.1, 0.15) is 17.0 Å². The van der Waals surface area contributed by atoms with Gasteiger partial charge in [-0.3, -0.25) is 0 Å². The fourth-order valence-electron chi connectivity index (χ4n) is 2.45. The highest BCUT2D eigenvalue weighted by molar-refractivity contribution is 7.18. The second-order valence-electron chi connectivity index (χ2n) is 4.93. The molecule has 1 atom stereocenters. The second-order valence-corrected chi connectivity index (χ2v) is 6.13. The summed E-state index contributed by atoms with van der Waals surface area (Å²) in [5.74, 6) is 1.71. The van der Waals surface area contributed by atoms with Gasteiger partial charge in [0, 0.05) is 11.4 Å². The number of thiophene rings is 1. The Morgan fingerprint density at radius 3 is 3.11 bits per heavy atom. The lowest BCUT2D eigenvalue weighted by atomic mass is 10.1. The first kappa shape index (κ1) is 11.9. The number of rotatable bonds is 3. The summed E-state index contributed by atoms with van der Waals surface area (Å²) < 4.78 is 0. The molecular formula is C13H18N4S. The molecule has 1 aliphatic rings. The Bertz CT molecular complexity index is 557. The minimum atomic E-state index is 0.718. The highest BCUT2D eigenvalue weighted by Gasteiger charge is 2.16. The van der Waals surface area contributed by atoms with Gasteiger partial charge >= 0.3 is 0 Å². The highest BCUT2D eigenvalue weighted by Crippen LogP contribution is 2.32. The van der Waals surface area contributed by atoms with E-state index in [1.807, 2.05) is 0 Å². The molecule has 0 aromatic carbocycles. The van der Waals surface area contributed by atoms with Crippen molar-refractivity contribution in [3.63, 3.8) is 0 Å². The van der Waals surface area contributed by atoms with E-state index in [9.17, 15) is 0 Å². The van der Waals surface area contributed by atoms with Crippen molar-refractivity contribution in [2.24, 2.45) is 5.92 Å². The van der Waals surface area contributed by atoms with E-state index in [0.717, 1.165) is 36.2 Å². The number of anilines is 1. The number of nitrogens with one attached hydrogen (secondary N) is 2. The second kappa shape index (κ2) is 4.82. The predicted molar refractivity (Wildman–Crippen MR) is 76.4 cm³/mol. The smallest absolute Gasteiger partial charge is 0.138 e. The molecule has 0 radical (unpaired) electrons. The number of hydrogen-bond donors (Lipinski definition) is 2. The molecule has 0 spiro atoms. The molecule has 0 amide bonds. The van der Waals surface area contributed by atoms with E-state index in [2.05, 4.69) is 34.4 Å². The Hall–Kier alpha value is -1.20. The molecule has 3 rings (SSSR count). The normalized spacial score (nSPS) is 19.6. The molecule has 5 heteroatoms. The molecular weight excluding hydrogens is 244 g/mol. The average Bonchev–Trinajstić information content (AvgIpc) is 2.97. The molecule has 1 unspecified atom stereocenters. The Kier molecular flexibility index (Phi) is 3.18. The van der Waals surface area contributed by atoms with Gasteiger partial charge in [0.2, 0.25) is 0 Å². The van der Waals surface area contributed by atoms with Crippen LogP contribution in [0.2, 0.25) is 0 Å². The third kappa shape index (κ3) is 2.08. The molecule has 0 saturated carbocycles. The lowest BCUT2D eigenvalue weighted by Gasteiger charge is -2.11. The van der Waals surface area contributed by atoms with Crippen LogP contribution >= 0.6 is 11.3 Å². The summed E-state index contributed by atoms with van der Waals surface area (Å²) in [6.07, 6.45) is 2.91. The van der Waals surface area contributed by atoms with Gasteiger partial charge in [0.05, 0.1) is 5.39 Å². The molecule has 2 aromatic heterocycles. The number of nitrogens with zero attached hydrogens (tertiary/aromatic N) is 2. The van der Waals surface area contributed by atoms with E-state index in [1.165, 1.54) is 22.2 Å². The van der Waals surface area contributed by atoms with Crippen LogP contribution in [0.5, 0.6) is 0 Å². The van der Waals surface area contributed by atoms with E-state index in [-0.39, 0.29) is 0 Å². The zero-order valence-electron chi connectivity index (χ0n) is 10.8. The third-order valence-electron chi connectivity index (χ3n) is 3.69. The van der Waals surface area contributed by atoms with Gasteiger partial charge in [0.25, 0.3) is 0 Å². The van der Waals surface area contributed by atoms with Gasteiger partial charge in [-0.25, -0.2) is 9.97 Å². The van der Waals surface area contributed by atoms with E-state index >= 15 is 0 Å². The highest BCUT2D eigenvalue weighted by atomic mass is 32.1. The molecule has 1 aliphatic heterocycles. The minimum Gasteiger partial charge on any atom is -0.369 e. The Balaban J connectivity index is 1.86. The van der Waals surface area contributed by atoms with E-state index in [1.54, 1.807) is 17.7 Å². The molecule has 0 bridgehead atoms. The van der Waals surface area contributed by atoms with Gasteiger partial charge in [-0.15, -0.1) is 11.3 Å². The van der Waals surface area contributed by atoms with E-state index < -0.39 is 0 Å². The summed E-state index contributed by atoms with van der Waals surface area (Å²) in [4.78, 5) is 11.2. The molecule has 3 heterocycles. The number of hydrogen-bond acceptors (Lipinski definition) is 5. The summed E-state index contributed by atoms with van der Waals surface area (Å²) in [5.41, 5.74) is 1.31. The molecule has 2 aromatic rings. The van der Waals surface area contributed by atoms with Crippen LogP contribution in [0.4, 0.5) is 5.82 Å². The lowest BCUT2D eigenvalue weighted by molar-refractivity contribution is 0.614. The standard InChI is InChI=1S/C13H18N4S/c1-8-9(2)18-13-11(8)12(16-7-17-13)15-6-10-3-4-14-5-10/h7,10,14H,3-6H2,1-2H3,(H,15,16,17). The van der Waals surface area contributed by atoms with Crippen LogP contribution in [0.25, 0.3) is 10.2 Å². The van der Waals surface area contributed by atoms with E-state index in [4.69, 9.17) is 0 Å². The third-order valence-corrected chi connectivity index (χ3v) is 4.80. The largest absolute Gasteiger partial charge is 0.369 e. The van der Waals surface area contributed by atoms with Crippen molar-refractivity contribution in [1.29, 1.82) is 0 Å².